The molecule has 5 heteroatoms. The van der Waals surface area contributed by atoms with Gasteiger partial charge in [0.2, 0.25) is 0 Å². The number of halogens is 1. The zero-order valence-corrected chi connectivity index (χ0v) is 15.9. The number of hydrogen-bond acceptors (Lipinski definition) is 2. The summed E-state index contributed by atoms with van der Waals surface area (Å²) in [7, 11) is 1.66. The molecule has 128 valence electrons. The molecule has 3 atom stereocenters. The molecule has 1 aliphatic rings. The normalized spacial score (nSPS) is 22.4. The van der Waals surface area contributed by atoms with Gasteiger partial charge in [0, 0.05) is 11.6 Å². The molecule has 0 radical (unpaired) electrons. The lowest BCUT2D eigenvalue weighted by Gasteiger charge is -2.29. The predicted molar refractivity (Wildman–Crippen MR) is 95.5 cm³/mol. The summed E-state index contributed by atoms with van der Waals surface area (Å²) >= 11 is 3.51. The van der Waals surface area contributed by atoms with Gasteiger partial charge in [0.05, 0.1) is 11.6 Å². The van der Waals surface area contributed by atoms with Gasteiger partial charge in [0.25, 0.3) is 5.91 Å². The van der Waals surface area contributed by atoms with E-state index < -0.39 is 0 Å². The van der Waals surface area contributed by atoms with Crippen molar-refractivity contribution < 1.29 is 14.8 Å². The van der Waals surface area contributed by atoms with Crippen molar-refractivity contribution in [1.29, 1.82) is 0 Å². The van der Waals surface area contributed by atoms with Gasteiger partial charge < -0.3 is 15.4 Å². The summed E-state index contributed by atoms with van der Waals surface area (Å²) in [5.41, 5.74) is 1.18. The lowest BCUT2D eigenvalue weighted by atomic mass is 9.86. The van der Waals surface area contributed by atoms with Crippen molar-refractivity contribution in [3.05, 3.63) is 28.2 Å². The Bertz CT molecular complexity index is 536. The number of amides is 1. The van der Waals surface area contributed by atoms with Crippen molar-refractivity contribution >= 4 is 21.8 Å². The Morgan fingerprint density at radius 1 is 1.43 bits per heavy atom. The Labute approximate surface area is 147 Å². The summed E-state index contributed by atoms with van der Waals surface area (Å²) < 4.78 is 6.19. The molecule has 0 bridgehead atoms. The van der Waals surface area contributed by atoms with Crippen LogP contribution in [0.5, 0.6) is 5.75 Å². The van der Waals surface area contributed by atoms with Crippen LogP contribution in [0.4, 0.5) is 0 Å². The number of rotatable bonds is 6. The van der Waals surface area contributed by atoms with E-state index in [1.54, 1.807) is 7.11 Å². The molecule has 0 heterocycles. The number of carbonyl (C=O) groups is 1. The number of nitrogens with one attached hydrogen (secondary N) is 1. The molecule has 1 aliphatic carbocycles. The van der Waals surface area contributed by atoms with Gasteiger partial charge in [-0.15, -0.1) is 0 Å². The van der Waals surface area contributed by atoms with Crippen LogP contribution in [0.2, 0.25) is 0 Å². The predicted octanol–water partition coefficient (Wildman–Crippen LogP) is 2.78. The Hall–Kier alpha value is -1.07. The monoisotopic (exact) mass is 383 g/mol. The smallest absolute Gasteiger partial charge is 0.275 e. The Morgan fingerprint density at radius 3 is 2.83 bits per heavy atom. The van der Waals surface area contributed by atoms with Gasteiger partial charge in [-0.3, -0.25) is 4.79 Å². The molecule has 1 fully saturated rings. The number of quaternary nitrogens is 1. The van der Waals surface area contributed by atoms with E-state index in [0.717, 1.165) is 16.6 Å². The van der Waals surface area contributed by atoms with Gasteiger partial charge in [-0.25, -0.2) is 0 Å². The summed E-state index contributed by atoms with van der Waals surface area (Å²) in [4.78, 5) is 12.2. The van der Waals surface area contributed by atoms with Crippen molar-refractivity contribution in [3.63, 3.8) is 0 Å². The highest BCUT2D eigenvalue weighted by Crippen LogP contribution is 2.27. The maximum atomic E-state index is 12.2. The number of methoxy groups -OCH3 is 1. The molecule has 3 N–H and O–H groups in total. The van der Waals surface area contributed by atoms with Gasteiger partial charge in [-0.2, -0.15) is 0 Å². The van der Waals surface area contributed by atoms with Crippen molar-refractivity contribution in [3.8, 4) is 5.75 Å². The Kier molecular flexibility index (Phi) is 6.90. The minimum Gasteiger partial charge on any atom is -0.496 e. The molecule has 2 rings (SSSR count). The standard InChI is InChI=1S/C18H27BrN2O2/c1-12-6-4-5-7-16(12)21-18(22)11-20-13(2)14-8-9-17(23-3)15(19)10-14/h8-10,12-13,16,20H,4-7,11H2,1-3H3,(H,21,22)/p+1/t12-,13+,16+/m1/s1. The van der Waals surface area contributed by atoms with E-state index >= 15 is 0 Å². The van der Waals surface area contributed by atoms with Crippen LogP contribution in [0.1, 0.15) is 51.1 Å². The van der Waals surface area contributed by atoms with Gasteiger partial charge in [0.15, 0.2) is 6.54 Å². The fourth-order valence-corrected chi connectivity index (χ4v) is 3.74. The van der Waals surface area contributed by atoms with Crippen LogP contribution in [0, 0.1) is 5.92 Å². The molecule has 1 saturated carbocycles. The van der Waals surface area contributed by atoms with Gasteiger partial charge >= 0.3 is 0 Å². The highest BCUT2D eigenvalue weighted by atomic mass is 79.9. The van der Waals surface area contributed by atoms with Crippen LogP contribution in [0.25, 0.3) is 0 Å². The van der Waals surface area contributed by atoms with Crippen molar-refractivity contribution in [2.75, 3.05) is 13.7 Å². The maximum Gasteiger partial charge on any atom is 0.275 e. The maximum absolute atomic E-state index is 12.2. The zero-order valence-electron chi connectivity index (χ0n) is 14.3. The van der Waals surface area contributed by atoms with Crippen LogP contribution < -0.4 is 15.4 Å². The molecule has 1 aromatic carbocycles. The number of benzene rings is 1. The summed E-state index contributed by atoms with van der Waals surface area (Å²) in [5, 5.41) is 5.29. The molecule has 0 unspecified atom stereocenters. The van der Waals surface area contributed by atoms with E-state index in [-0.39, 0.29) is 11.9 Å². The van der Waals surface area contributed by atoms with Crippen molar-refractivity contribution in [2.24, 2.45) is 5.92 Å². The van der Waals surface area contributed by atoms with Crippen LogP contribution in [-0.2, 0) is 4.79 Å². The average molecular weight is 384 g/mol. The number of nitrogens with two attached hydrogens (primary N) is 1. The minimum absolute atomic E-state index is 0.142. The quantitative estimate of drug-likeness (QED) is 0.793. The van der Waals surface area contributed by atoms with Gasteiger partial charge in [-0.1, -0.05) is 19.8 Å². The molecule has 0 aliphatic heterocycles. The Morgan fingerprint density at radius 2 is 2.17 bits per heavy atom. The summed E-state index contributed by atoms with van der Waals surface area (Å²) in [5.74, 6) is 1.57. The molecule has 4 nitrogen and oxygen atoms in total. The fourth-order valence-electron chi connectivity index (χ4n) is 3.18. The number of ether oxygens (including phenoxy) is 1. The number of hydrogen-bond donors (Lipinski definition) is 2. The third kappa shape index (κ3) is 5.21. The summed E-state index contributed by atoms with van der Waals surface area (Å²) in [6.07, 6.45) is 4.87. The second-order valence-electron chi connectivity index (χ2n) is 6.56. The first-order chi connectivity index (χ1) is 11.0. The second-order valence-corrected chi connectivity index (χ2v) is 7.41. The van der Waals surface area contributed by atoms with Gasteiger partial charge in [0.1, 0.15) is 11.8 Å². The fraction of sp³-hybridized carbons (Fsp3) is 0.611. The molecule has 1 amide bonds. The van der Waals surface area contributed by atoms with Crippen molar-refractivity contribution in [1.82, 2.24) is 5.32 Å². The summed E-state index contributed by atoms with van der Waals surface area (Å²) in [6, 6.07) is 6.64. The minimum atomic E-state index is 0.142. The largest absolute Gasteiger partial charge is 0.496 e. The molecule has 0 saturated heterocycles. The SMILES string of the molecule is COc1ccc([C@H](C)[NH2+]CC(=O)N[C@H]2CCCC[C@H]2C)cc1Br. The highest BCUT2D eigenvalue weighted by molar-refractivity contribution is 9.10. The van der Waals surface area contributed by atoms with E-state index in [1.165, 1.54) is 24.8 Å². The van der Waals surface area contributed by atoms with E-state index in [0.29, 0.717) is 18.5 Å². The molecular weight excluding hydrogens is 356 g/mol. The lowest BCUT2D eigenvalue weighted by molar-refractivity contribution is -0.682. The molecule has 23 heavy (non-hydrogen) atoms. The molecular formula is C18H28BrN2O2+. The van der Waals surface area contributed by atoms with Crippen LogP contribution in [-0.4, -0.2) is 25.6 Å². The average Bonchev–Trinajstić information content (AvgIpc) is 2.54. The topological polar surface area (TPSA) is 54.9 Å². The molecule has 1 aromatic rings. The number of carbonyl (C=O) groups excluding carboxylic acids is 1. The van der Waals surface area contributed by atoms with Crippen LogP contribution in [0.3, 0.4) is 0 Å². The first-order valence-electron chi connectivity index (χ1n) is 8.47. The van der Waals surface area contributed by atoms with E-state index in [4.69, 9.17) is 4.74 Å². The zero-order chi connectivity index (χ0) is 16.8. The molecule has 0 spiro atoms. The third-order valence-corrected chi connectivity index (χ3v) is 5.44. The van der Waals surface area contributed by atoms with Crippen LogP contribution >= 0.6 is 15.9 Å². The highest BCUT2D eigenvalue weighted by Gasteiger charge is 2.23. The first kappa shape index (κ1) is 18.3. The van der Waals surface area contributed by atoms with Crippen molar-refractivity contribution in [2.45, 2.75) is 51.6 Å². The lowest BCUT2D eigenvalue weighted by Crippen LogP contribution is -2.87. The first-order valence-corrected chi connectivity index (χ1v) is 9.26. The third-order valence-electron chi connectivity index (χ3n) is 4.82. The van der Waals surface area contributed by atoms with Gasteiger partial charge in [-0.05, 0) is 59.8 Å². The van der Waals surface area contributed by atoms with E-state index in [9.17, 15) is 4.79 Å². The summed E-state index contributed by atoms with van der Waals surface area (Å²) in [6.45, 7) is 4.82. The molecule has 0 aromatic heterocycles. The Balaban J connectivity index is 1.82. The van der Waals surface area contributed by atoms with Crippen LogP contribution in [0.15, 0.2) is 22.7 Å². The van der Waals surface area contributed by atoms with E-state index in [2.05, 4.69) is 46.5 Å². The second kappa shape index (κ2) is 8.69. The van der Waals surface area contributed by atoms with E-state index in [1.807, 2.05) is 12.1 Å².